The summed E-state index contributed by atoms with van der Waals surface area (Å²) < 4.78 is 0. The number of hydrogen-bond acceptors (Lipinski definition) is 1. The maximum absolute atomic E-state index is 3.47. The first kappa shape index (κ1) is 11.7. The zero-order valence-corrected chi connectivity index (χ0v) is 11.0. The van der Waals surface area contributed by atoms with Gasteiger partial charge in [-0.2, -0.15) is 0 Å². The standard InChI is InChI=1S/C17H21N/c1-13(11-14-9-10-18-12-14)16-8-4-6-15-5-2-3-7-17(15)16/h2-8,13-14,18H,9-12H2,1H3/t13-,14+/m0/s1. The summed E-state index contributed by atoms with van der Waals surface area (Å²) in [6, 6.07) is 15.4. The maximum atomic E-state index is 3.47. The van der Waals surface area contributed by atoms with Gasteiger partial charge in [0.2, 0.25) is 0 Å². The molecule has 2 atom stereocenters. The Hall–Kier alpha value is -1.34. The molecule has 1 nitrogen and oxygen atoms in total. The molecule has 1 fully saturated rings. The van der Waals surface area contributed by atoms with Crippen LogP contribution in [-0.2, 0) is 0 Å². The van der Waals surface area contributed by atoms with Crippen molar-refractivity contribution in [2.75, 3.05) is 13.1 Å². The molecule has 2 aromatic carbocycles. The zero-order valence-electron chi connectivity index (χ0n) is 11.0. The Bertz CT molecular complexity index is 521. The first-order chi connectivity index (χ1) is 8.84. The molecule has 1 N–H and O–H groups in total. The van der Waals surface area contributed by atoms with E-state index in [9.17, 15) is 0 Å². The Labute approximate surface area is 109 Å². The predicted molar refractivity (Wildman–Crippen MR) is 78.0 cm³/mol. The van der Waals surface area contributed by atoms with E-state index in [0.717, 1.165) is 5.92 Å². The van der Waals surface area contributed by atoms with Gasteiger partial charge in [-0.3, -0.25) is 0 Å². The van der Waals surface area contributed by atoms with Crippen LogP contribution in [0.2, 0.25) is 0 Å². The van der Waals surface area contributed by atoms with Crippen molar-refractivity contribution in [3.05, 3.63) is 48.0 Å². The third kappa shape index (κ3) is 2.28. The van der Waals surface area contributed by atoms with Gasteiger partial charge in [0.05, 0.1) is 0 Å². The molecule has 2 aromatic rings. The fourth-order valence-corrected chi connectivity index (χ4v) is 3.22. The Kier molecular flexibility index (Phi) is 3.33. The van der Waals surface area contributed by atoms with Crippen molar-refractivity contribution in [3.63, 3.8) is 0 Å². The molecular weight excluding hydrogens is 218 g/mol. The maximum Gasteiger partial charge on any atom is -0.00198 e. The highest BCUT2D eigenvalue weighted by Gasteiger charge is 2.19. The molecule has 1 saturated heterocycles. The van der Waals surface area contributed by atoms with Gasteiger partial charge in [0.25, 0.3) is 0 Å². The van der Waals surface area contributed by atoms with Gasteiger partial charge in [0, 0.05) is 0 Å². The molecular formula is C17H21N. The summed E-state index contributed by atoms with van der Waals surface area (Å²) in [5.74, 6) is 1.51. The van der Waals surface area contributed by atoms with E-state index in [-0.39, 0.29) is 0 Å². The monoisotopic (exact) mass is 239 g/mol. The van der Waals surface area contributed by atoms with Crippen molar-refractivity contribution in [2.45, 2.75) is 25.7 Å². The molecule has 0 saturated carbocycles. The largest absolute Gasteiger partial charge is 0.316 e. The van der Waals surface area contributed by atoms with Gasteiger partial charge in [0.1, 0.15) is 0 Å². The van der Waals surface area contributed by atoms with Crippen molar-refractivity contribution < 1.29 is 0 Å². The SMILES string of the molecule is C[C@@H](C[C@H]1CCNC1)c1cccc2ccccc12. The smallest absolute Gasteiger partial charge is 0.00198 e. The molecule has 0 aromatic heterocycles. The van der Waals surface area contributed by atoms with Gasteiger partial charge in [-0.25, -0.2) is 0 Å². The first-order valence-corrected chi connectivity index (χ1v) is 7.03. The number of nitrogens with one attached hydrogen (secondary N) is 1. The fourth-order valence-electron chi connectivity index (χ4n) is 3.22. The second-order valence-electron chi connectivity index (χ2n) is 5.56. The summed E-state index contributed by atoms with van der Waals surface area (Å²) in [6.45, 7) is 4.78. The average molecular weight is 239 g/mol. The molecule has 0 radical (unpaired) electrons. The van der Waals surface area contributed by atoms with Crippen molar-refractivity contribution in [3.8, 4) is 0 Å². The van der Waals surface area contributed by atoms with Crippen molar-refractivity contribution >= 4 is 10.8 Å². The Balaban J connectivity index is 1.88. The van der Waals surface area contributed by atoms with Gasteiger partial charge in [-0.1, -0.05) is 49.4 Å². The summed E-state index contributed by atoms with van der Waals surface area (Å²) in [7, 11) is 0. The van der Waals surface area contributed by atoms with E-state index in [0.29, 0.717) is 5.92 Å². The summed E-state index contributed by atoms with van der Waals surface area (Å²) in [4.78, 5) is 0. The van der Waals surface area contributed by atoms with Crippen LogP contribution in [0.1, 0.15) is 31.2 Å². The topological polar surface area (TPSA) is 12.0 Å². The molecule has 1 heteroatoms. The number of benzene rings is 2. The van der Waals surface area contributed by atoms with Gasteiger partial charge in [-0.15, -0.1) is 0 Å². The first-order valence-electron chi connectivity index (χ1n) is 7.03. The highest BCUT2D eigenvalue weighted by Crippen LogP contribution is 2.31. The van der Waals surface area contributed by atoms with Crippen LogP contribution in [0.4, 0.5) is 0 Å². The van der Waals surface area contributed by atoms with Crippen LogP contribution in [0.15, 0.2) is 42.5 Å². The quantitative estimate of drug-likeness (QED) is 0.855. The lowest BCUT2D eigenvalue weighted by Crippen LogP contribution is -2.11. The minimum atomic E-state index is 0.654. The van der Waals surface area contributed by atoms with E-state index >= 15 is 0 Å². The summed E-state index contributed by atoms with van der Waals surface area (Å²) in [6.07, 6.45) is 2.65. The fraction of sp³-hybridized carbons (Fsp3) is 0.412. The molecule has 0 amide bonds. The van der Waals surface area contributed by atoms with Crippen molar-refractivity contribution in [1.82, 2.24) is 5.32 Å². The molecule has 94 valence electrons. The molecule has 0 spiro atoms. The second kappa shape index (κ2) is 5.11. The minimum absolute atomic E-state index is 0.654. The van der Waals surface area contributed by atoms with Crippen LogP contribution < -0.4 is 5.32 Å². The van der Waals surface area contributed by atoms with Crippen molar-refractivity contribution in [1.29, 1.82) is 0 Å². The Morgan fingerprint density at radius 1 is 1.17 bits per heavy atom. The van der Waals surface area contributed by atoms with Crippen LogP contribution in [0.5, 0.6) is 0 Å². The molecule has 1 aliphatic rings. The Morgan fingerprint density at radius 3 is 2.83 bits per heavy atom. The number of hydrogen-bond donors (Lipinski definition) is 1. The molecule has 0 bridgehead atoms. The summed E-state index contributed by atoms with van der Waals surface area (Å²) in [5.41, 5.74) is 1.51. The third-order valence-electron chi connectivity index (χ3n) is 4.20. The van der Waals surface area contributed by atoms with Crippen LogP contribution in [0.25, 0.3) is 10.8 Å². The molecule has 1 aliphatic heterocycles. The number of rotatable bonds is 3. The summed E-state index contributed by atoms with van der Waals surface area (Å²) in [5, 5.41) is 6.26. The predicted octanol–water partition coefficient (Wildman–Crippen LogP) is 3.94. The van der Waals surface area contributed by atoms with E-state index in [1.54, 1.807) is 0 Å². The van der Waals surface area contributed by atoms with Crippen LogP contribution >= 0.6 is 0 Å². The highest BCUT2D eigenvalue weighted by atomic mass is 14.9. The normalized spacial score (nSPS) is 21.3. The van der Waals surface area contributed by atoms with Gasteiger partial charge < -0.3 is 5.32 Å². The minimum Gasteiger partial charge on any atom is -0.316 e. The van der Waals surface area contributed by atoms with E-state index in [2.05, 4.69) is 54.7 Å². The second-order valence-corrected chi connectivity index (χ2v) is 5.56. The van der Waals surface area contributed by atoms with Crippen LogP contribution in [0, 0.1) is 5.92 Å². The lowest BCUT2D eigenvalue weighted by Gasteiger charge is -2.18. The Morgan fingerprint density at radius 2 is 2.00 bits per heavy atom. The third-order valence-corrected chi connectivity index (χ3v) is 4.20. The lowest BCUT2D eigenvalue weighted by molar-refractivity contribution is 0.485. The van der Waals surface area contributed by atoms with Crippen LogP contribution in [-0.4, -0.2) is 13.1 Å². The van der Waals surface area contributed by atoms with Crippen molar-refractivity contribution in [2.24, 2.45) is 5.92 Å². The summed E-state index contributed by atoms with van der Waals surface area (Å²) >= 11 is 0. The van der Waals surface area contributed by atoms with Gasteiger partial charge >= 0.3 is 0 Å². The van der Waals surface area contributed by atoms with E-state index in [1.165, 1.54) is 42.3 Å². The highest BCUT2D eigenvalue weighted by molar-refractivity contribution is 5.86. The van der Waals surface area contributed by atoms with Gasteiger partial charge in [-0.05, 0) is 54.1 Å². The van der Waals surface area contributed by atoms with Crippen LogP contribution in [0.3, 0.4) is 0 Å². The van der Waals surface area contributed by atoms with E-state index in [1.807, 2.05) is 0 Å². The number of fused-ring (bicyclic) bond motifs is 1. The molecule has 0 unspecified atom stereocenters. The van der Waals surface area contributed by atoms with E-state index < -0.39 is 0 Å². The molecule has 18 heavy (non-hydrogen) atoms. The molecule has 1 heterocycles. The average Bonchev–Trinajstić information content (AvgIpc) is 2.91. The van der Waals surface area contributed by atoms with Gasteiger partial charge in [0.15, 0.2) is 0 Å². The lowest BCUT2D eigenvalue weighted by atomic mass is 9.87. The zero-order chi connectivity index (χ0) is 12.4. The molecule has 3 rings (SSSR count). The molecule has 0 aliphatic carbocycles. The van der Waals surface area contributed by atoms with E-state index in [4.69, 9.17) is 0 Å².